The second kappa shape index (κ2) is 5.84. The first kappa shape index (κ1) is 14.6. The fourth-order valence-corrected chi connectivity index (χ4v) is 2.28. The zero-order valence-electron chi connectivity index (χ0n) is 12.3. The fraction of sp³-hybridized carbons (Fsp3) is 0.0588. The standard InChI is InChI=1S/C17H14N2O4/c1-23-15-9-11(7-8-14(15)20)16-13(17(21)22)10-19(18-16)12-5-3-2-4-6-12/h2-10,20H,1H3,(H,21,22). The number of para-hydroxylation sites is 1. The molecule has 0 aliphatic carbocycles. The van der Waals surface area contributed by atoms with Gasteiger partial charge in [-0.1, -0.05) is 18.2 Å². The van der Waals surface area contributed by atoms with Crippen LogP contribution in [-0.4, -0.2) is 33.1 Å². The number of ether oxygens (including phenoxy) is 1. The van der Waals surface area contributed by atoms with E-state index in [-0.39, 0.29) is 17.1 Å². The van der Waals surface area contributed by atoms with Crippen LogP contribution in [0.15, 0.2) is 54.7 Å². The summed E-state index contributed by atoms with van der Waals surface area (Å²) in [6, 6.07) is 13.8. The molecule has 0 saturated carbocycles. The van der Waals surface area contributed by atoms with Crippen molar-refractivity contribution in [3.8, 4) is 28.4 Å². The lowest BCUT2D eigenvalue weighted by Gasteiger charge is -2.05. The number of hydrogen-bond acceptors (Lipinski definition) is 4. The van der Waals surface area contributed by atoms with Crippen LogP contribution in [0, 0.1) is 0 Å². The third-order valence-corrected chi connectivity index (χ3v) is 3.42. The van der Waals surface area contributed by atoms with E-state index in [0.29, 0.717) is 11.3 Å². The van der Waals surface area contributed by atoms with Gasteiger partial charge in [0.2, 0.25) is 0 Å². The highest BCUT2D eigenvalue weighted by atomic mass is 16.5. The van der Waals surface area contributed by atoms with Crippen LogP contribution >= 0.6 is 0 Å². The molecule has 0 spiro atoms. The van der Waals surface area contributed by atoms with E-state index in [1.807, 2.05) is 30.3 Å². The molecular formula is C17H14N2O4. The SMILES string of the molecule is COc1cc(-c2nn(-c3ccccc3)cc2C(=O)O)ccc1O. The summed E-state index contributed by atoms with van der Waals surface area (Å²) in [6.07, 6.45) is 1.46. The van der Waals surface area contributed by atoms with Crippen molar-refractivity contribution < 1.29 is 19.7 Å². The van der Waals surface area contributed by atoms with Crippen LogP contribution in [-0.2, 0) is 0 Å². The van der Waals surface area contributed by atoms with Gasteiger partial charge in [-0.3, -0.25) is 0 Å². The normalized spacial score (nSPS) is 10.5. The molecule has 3 aromatic rings. The van der Waals surface area contributed by atoms with E-state index in [4.69, 9.17) is 4.74 Å². The van der Waals surface area contributed by atoms with Crippen molar-refractivity contribution in [1.29, 1.82) is 0 Å². The average Bonchev–Trinajstić information content (AvgIpc) is 3.02. The van der Waals surface area contributed by atoms with E-state index < -0.39 is 5.97 Å². The van der Waals surface area contributed by atoms with Crippen LogP contribution in [0.4, 0.5) is 0 Å². The van der Waals surface area contributed by atoms with Gasteiger partial charge in [-0.25, -0.2) is 9.48 Å². The molecule has 0 bridgehead atoms. The molecule has 0 radical (unpaired) electrons. The number of aromatic carboxylic acids is 1. The molecule has 116 valence electrons. The predicted molar refractivity (Wildman–Crippen MR) is 84.2 cm³/mol. The van der Waals surface area contributed by atoms with Crippen LogP contribution < -0.4 is 4.74 Å². The first-order valence-electron chi connectivity index (χ1n) is 6.86. The van der Waals surface area contributed by atoms with Crippen LogP contribution in [0.3, 0.4) is 0 Å². The van der Waals surface area contributed by atoms with E-state index in [1.54, 1.807) is 12.1 Å². The van der Waals surface area contributed by atoms with Crippen LogP contribution in [0.2, 0.25) is 0 Å². The molecule has 0 amide bonds. The molecule has 0 aliphatic rings. The molecule has 1 aromatic heterocycles. The molecular weight excluding hydrogens is 296 g/mol. The molecule has 6 heteroatoms. The summed E-state index contributed by atoms with van der Waals surface area (Å²) in [7, 11) is 1.43. The minimum absolute atomic E-state index is 0.0179. The molecule has 0 atom stereocenters. The fourth-order valence-electron chi connectivity index (χ4n) is 2.28. The molecule has 0 aliphatic heterocycles. The number of phenols is 1. The van der Waals surface area contributed by atoms with Crippen molar-refractivity contribution in [2.75, 3.05) is 7.11 Å². The molecule has 1 heterocycles. The summed E-state index contributed by atoms with van der Waals surface area (Å²) < 4.78 is 6.58. The summed E-state index contributed by atoms with van der Waals surface area (Å²) in [5.74, 6) is -0.835. The number of carbonyl (C=O) groups is 1. The minimum atomic E-state index is -1.07. The molecule has 2 aromatic carbocycles. The Balaban J connectivity index is 2.15. The first-order valence-corrected chi connectivity index (χ1v) is 6.86. The number of carboxylic acid groups (broad SMARTS) is 1. The Bertz CT molecular complexity index is 856. The van der Waals surface area contributed by atoms with E-state index in [9.17, 15) is 15.0 Å². The van der Waals surface area contributed by atoms with Crippen LogP contribution in [0.1, 0.15) is 10.4 Å². The summed E-state index contributed by atoms with van der Waals surface area (Å²) >= 11 is 0. The minimum Gasteiger partial charge on any atom is -0.504 e. The van der Waals surface area contributed by atoms with Crippen molar-refractivity contribution in [1.82, 2.24) is 9.78 Å². The Morgan fingerprint density at radius 1 is 1.17 bits per heavy atom. The van der Waals surface area contributed by atoms with Crippen molar-refractivity contribution in [2.45, 2.75) is 0 Å². The summed E-state index contributed by atoms with van der Waals surface area (Å²) in [5.41, 5.74) is 1.68. The van der Waals surface area contributed by atoms with Gasteiger partial charge in [-0.05, 0) is 30.3 Å². The molecule has 23 heavy (non-hydrogen) atoms. The van der Waals surface area contributed by atoms with Crippen molar-refractivity contribution in [2.24, 2.45) is 0 Å². The largest absolute Gasteiger partial charge is 0.504 e. The lowest BCUT2D eigenvalue weighted by molar-refractivity contribution is 0.0697. The van der Waals surface area contributed by atoms with E-state index in [1.165, 1.54) is 24.1 Å². The summed E-state index contributed by atoms with van der Waals surface area (Å²) in [5, 5.41) is 23.5. The van der Waals surface area contributed by atoms with E-state index >= 15 is 0 Å². The van der Waals surface area contributed by atoms with Gasteiger partial charge in [0.1, 0.15) is 11.3 Å². The summed E-state index contributed by atoms with van der Waals surface area (Å²) in [4.78, 5) is 11.5. The molecule has 0 saturated heterocycles. The molecule has 6 nitrogen and oxygen atoms in total. The number of aromatic hydroxyl groups is 1. The Hall–Kier alpha value is -3.28. The number of phenolic OH excluding ortho intramolecular Hbond substituents is 1. The van der Waals surface area contributed by atoms with Crippen LogP contribution in [0.25, 0.3) is 16.9 Å². The zero-order valence-corrected chi connectivity index (χ0v) is 12.3. The smallest absolute Gasteiger partial charge is 0.339 e. The third-order valence-electron chi connectivity index (χ3n) is 3.42. The van der Waals surface area contributed by atoms with Crippen LogP contribution in [0.5, 0.6) is 11.5 Å². The Kier molecular flexibility index (Phi) is 3.72. The average molecular weight is 310 g/mol. The van der Waals surface area contributed by atoms with Crippen molar-refractivity contribution in [3.05, 3.63) is 60.3 Å². The molecule has 3 rings (SSSR count). The molecule has 0 fully saturated rings. The maximum Gasteiger partial charge on any atom is 0.339 e. The second-order valence-electron chi connectivity index (χ2n) is 4.86. The Labute approximate surface area is 132 Å². The number of methoxy groups -OCH3 is 1. The van der Waals surface area contributed by atoms with Crippen molar-refractivity contribution >= 4 is 5.97 Å². The predicted octanol–water partition coefficient (Wildman–Crippen LogP) is 2.95. The first-order chi connectivity index (χ1) is 11.1. The lowest BCUT2D eigenvalue weighted by Crippen LogP contribution is -1.97. The number of aromatic nitrogens is 2. The van der Waals surface area contributed by atoms with E-state index in [2.05, 4.69) is 5.10 Å². The van der Waals surface area contributed by atoms with Gasteiger partial charge in [0.15, 0.2) is 11.5 Å². The quantitative estimate of drug-likeness (QED) is 0.774. The number of hydrogen-bond donors (Lipinski definition) is 2. The number of carboxylic acids is 1. The molecule has 0 unspecified atom stereocenters. The van der Waals surface area contributed by atoms with Crippen molar-refractivity contribution in [3.63, 3.8) is 0 Å². The zero-order chi connectivity index (χ0) is 16.4. The molecule has 2 N–H and O–H groups in total. The van der Waals surface area contributed by atoms with E-state index in [0.717, 1.165) is 5.69 Å². The van der Waals surface area contributed by atoms with Gasteiger partial charge in [-0.2, -0.15) is 5.10 Å². The number of rotatable bonds is 4. The number of nitrogens with zero attached hydrogens (tertiary/aromatic N) is 2. The summed E-state index contributed by atoms with van der Waals surface area (Å²) in [6.45, 7) is 0. The van der Waals surface area contributed by atoms with Gasteiger partial charge in [0.25, 0.3) is 0 Å². The number of benzene rings is 2. The van der Waals surface area contributed by atoms with Gasteiger partial charge >= 0.3 is 5.97 Å². The monoisotopic (exact) mass is 310 g/mol. The maximum atomic E-state index is 11.5. The lowest BCUT2D eigenvalue weighted by atomic mass is 10.1. The highest BCUT2D eigenvalue weighted by Gasteiger charge is 2.19. The Morgan fingerprint density at radius 3 is 2.57 bits per heavy atom. The third kappa shape index (κ3) is 2.74. The second-order valence-corrected chi connectivity index (χ2v) is 4.86. The van der Waals surface area contributed by atoms with Gasteiger partial charge < -0.3 is 14.9 Å². The Morgan fingerprint density at radius 2 is 1.91 bits per heavy atom. The van der Waals surface area contributed by atoms with Gasteiger partial charge in [-0.15, -0.1) is 0 Å². The maximum absolute atomic E-state index is 11.5. The highest BCUT2D eigenvalue weighted by molar-refractivity contribution is 5.95. The van der Waals surface area contributed by atoms with Gasteiger partial charge in [0, 0.05) is 11.8 Å². The van der Waals surface area contributed by atoms with Gasteiger partial charge in [0.05, 0.1) is 12.8 Å². The topological polar surface area (TPSA) is 84.6 Å². The highest BCUT2D eigenvalue weighted by Crippen LogP contribution is 2.32.